The Morgan fingerprint density at radius 2 is 1.83 bits per heavy atom. The van der Waals surface area contributed by atoms with Crippen molar-refractivity contribution < 1.29 is 24.5 Å². The van der Waals surface area contributed by atoms with E-state index in [1.54, 1.807) is 6.92 Å². The van der Waals surface area contributed by atoms with Crippen LogP contribution in [0.5, 0.6) is 5.75 Å². The molecule has 2 rings (SSSR count). The lowest BCUT2D eigenvalue weighted by Gasteiger charge is -2.14. The molecule has 0 aliphatic rings. The van der Waals surface area contributed by atoms with Crippen molar-refractivity contribution in [3.8, 4) is 5.75 Å². The molecule has 0 bridgehead atoms. The molecule has 0 aromatic heterocycles. The molecule has 0 heterocycles. The molecule has 2 aromatic rings. The van der Waals surface area contributed by atoms with Crippen molar-refractivity contribution in [3.63, 3.8) is 0 Å². The van der Waals surface area contributed by atoms with Crippen LogP contribution in [0.4, 0.5) is 10.5 Å². The van der Waals surface area contributed by atoms with E-state index >= 15 is 0 Å². The van der Waals surface area contributed by atoms with Crippen LogP contribution in [0, 0.1) is 0 Å². The number of thioether (sulfide) groups is 1. The van der Waals surface area contributed by atoms with E-state index in [-0.39, 0.29) is 11.3 Å². The molecule has 1 unspecified atom stereocenters. The van der Waals surface area contributed by atoms with Crippen molar-refractivity contribution in [2.24, 2.45) is 0 Å². The fraction of sp³-hybridized carbons (Fsp3) is 0.125. The summed E-state index contributed by atoms with van der Waals surface area (Å²) in [6.45, 7) is 1.71. The number of carboxylic acid groups (broad SMARTS) is 1. The standard InChI is InChI=1S/C16H15NO5S/c1-10(23-11-6-3-2-4-7-11)22-16(21)17-13-9-5-8-12(14(13)18)15(19)20/h2-10,18H,1H3,(H,17,21)(H,19,20). The van der Waals surface area contributed by atoms with Crippen LogP contribution in [0.15, 0.2) is 53.4 Å². The molecule has 120 valence electrons. The average Bonchev–Trinajstić information content (AvgIpc) is 2.49. The Balaban J connectivity index is 1.97. The first kappa shape index (κ1) is 16.7. The molecular formula is C16H15NO5S. The summed E-state index contributed by atoms with van der Waals surface area (Å²) in [6.07, 6.45) is -0.779. The Kier molecular flexibility index (Phi) is 5.48. The lowest BCUT2D eigenvalue weighted by molar-refractivity contribution is 0.0693. The van der Waals surface area contributed by atoms with Gasteiger partial charge in [0.05, 0.1) is 5.69 Å². The summed E-state index contributed by atoms with van der Waals surface area (Å²) in [5.74, 6) is -1.80. The van der Waals surface area contributed by atoms with Crippen LogP contribution in [-0.2, 0) is 4.74 Å². The van der Waals surface area contributed by atoms with Crippen LogP contribution < -0.4 is 5.32 Å². The molecule has 1 atom stereocenters. The third kappa shape index (κ3) is 4.65. The highest BCUT2D eigenvalue weighted by Gasteiger charge is 2.16. The molecule has 1 amide bonds. The summed E-state index contributed by atoms with van der Waals surface area (Å²) in [6, 6.07) is 13.5. The van der Waals surface area contributed by atoms with Gasteiger partial charge in [0, 0.05) is 4.90 Å². The van der Waals surface area contributed by atoms with Gasteiger partial charge in [0.2, 0.25) is 0 Å². The monoisotopic (exact) mass is 333 g/mol. The average molecular weight is 333 g/mol. The molecule has 2 aromatic carbocycles. The van der Waals surface area contributed by atoms with E-state index in [9.17, 15) is 14.7 Å². The third-order valence-corrected chi connectivity index (χ3v) is 3.79. The van der Waals surface area contributed by atoms with Gasteiger partial charge in [-0.2, -0.15) is 0 Å². The highest BCUT2D eigenvalue weighted by atomic mass is 32.2. The highest BCUT2D eigenvalue weighted by Crippen LogP contribution is 2.28. The molecule has 23 heavy (non-hydrogen) atoms. The second-order valence-corrected chi connectivity index (χ2v) is 5.91. The van der Waals surface area contributed by atoms with Crippen LogP contribution in [0.3, 0.4) is 0 Å². The van der Waals surface area contributed by atoms with Crippen molar-refractivity contribution >= 4 is 29.5 Å². The van der Waals surface area contributed by atoms with Gasteiger partial charge in [0.25, 0.3) is 0 Å². The number of amides is 1. The zero-order valence-corrected chi connectivity index (χ0v) is 13.0. The van der Waals surface area contributed by atoms with Crippen LogP contribution in [0.25, 0.3) is 0 Å². The normalized spacial score (nSPS) is 11.5. The van der Waals surface area contributed by atoms with E-state index < -0.39 is 23.2 Å². The Bertz CT molecular complexity index is 705. The molecule has 3 N–H and O–H groups in total. The molecule has 0 spiro atoms. The summed E-state index contributed by atoms with van der Waals surface area (Å²) in [5, 5.41) is 21.1. The molecule has 0 saturated carbocycles. The number of nitrogens with one attached hydrogen (secondary N) is 1. The Morgan fingerprint density at radius 3 is 2.48 bits per heavy atom. The van der Waals surface area contributed by atoms with Crippen LogP contribution in [-0.4, -0.2) is 27.7 Å². The van der Waals surface area contributed by atoms with Gasteiger partial charge in [0.15, 0.2) is 11.2 Å². The first-order valence-electron chi connectivity index (χ1n) is 6.72. The SMILES string of the molecule is CC(OC(=O)Nc1cccc(C(=O)O)c1O)Sc1ccccc1. The maximum absolute atomic E-state index is 11.8. The topological polar surface area (TPSA) is 95.9 Å². The number of phenols is 1. The fourth-order valence-corrected chi connectivity index (χ4v) is 2.65. The fourth-order valence-electron chi connectivity index (χ4n) is 1.82. The van der Waals surface area contributed by atoms with Gasteiger partial charge in [-0.05, 0) is 31.2 Å². The zero-order chi connectivity index (χ0) is 16.8. The number of aromatic hydroxyl groups is 1. The van der Waals surface area contributed by atoms with Gasteiger partial charge < -0.3 is 14.9 Å². The minimum Gasteiger partial charge on any atom is -0.505 e. The van der Waals surface area contributed by atoms with Gasteiger partial charge in [0.1, 0.15) is 5.56 Å². The van der Waals surface area contributed by atoms with Gasteiger partial charge in [-0.25, -0.2) is 9.59 Å². The molecule has 6 nitrogen and oxygen atoms in total. The Morgan fingerprint density at radius 1 is 1.13 bits per heavy atom. The second-order valence-electron chi connectivity index (χ2n) is 4.54. The van der Waals surface area contributed by atoms with E-state index in [1.807, 2.05) is 30.3 Å². The molecule has 0 saturated heterocycles. The highest BCUT2D eigenvalue weighted by molar-refractivity contribution is 7.99. The molecule has 0 radical (unpaired) electrons. The third-order valence-electron chi connectivity index (χ3n) is 2.82. The number of rotatable bonds is 5. The molecule has 7 heteroatoms. The first-order valence-corrected chi connectivity index (χ1v) is 7.60. The minimum atomic E-state index is -1.28. The van der Waals surface area contributed by atoms with Crippen molar-refractivity contribution in [1.29, 1.82) is 0 Å². The number of aromatic carboxylic acids is 1. The van der Waals surface area contributed by atoms with E-state index in [1.165, 1.54) is 30.0 Å². The van der Waals surface area contributed by atoms with Gasteiger partial charge >= 0.3 is 12.1 Å². The number of ether oxygens (including phenoxy) is 1. The summed E-state index contributed by atoms with van der Waals surface area (Å²) < 4.78 is 5.17. The molecule has 0 fully saturated rings. The number of anilines is 1. The van der Waals surface area contributed by atoms with Crippen LogP contribution in [0.2, 0.25) is 0 Å². The summed E-state index contributed by atoms with van der Waals surface area (Å²) in [7, 11) is 0. The first-order chi connectivity index (χ1) is 11.0. The predicted octanol–water partition coefficient (Wildman–Crippen LogP) is 3.78. The smallest absolute Gasteiger partial charge is 0.412 e. The summed E-state index contributed by atoms with van der Waals surface area (Å²) in [4.78, 5) is 23.7. The van der Waals surface area contributed by atoms with Crippen molar-refractivity contribution in [1.82, 2.24) is 0 Å². The van der Waals surface area contributed by atoms with Gasteiger partial charge in [-0.15, -0.1) is 0 Å². The number of para-hydroxylation sites is 1. The quantitative estimate of drug-likeness (QED) is 0.438. The maximum atomic E-state index is 11.8. The predicted molar refractivity (Wildman–Crippen MR) is 86.9 cm³/mol. The zero-order valence-electron chi connectivity index (χ0n) is 12.2. The number of carbonyl (C=O) groups is 2. The number of carboxylic acids is 1. The Labute approximate surface area is 137 Å². The lowest BCUT2D eigenvalue weighted by Crippen LogP contribution is -2.18. The Hall–Kier alpha value is -2.67. The van der Waals surface area contributed by atoms with E-state index in [0.717, 1.165) is 4.90 Å². The van der Waals surface area contributed by atoms with Gasteiger partial charge in [-0.3, -0.25) is 5.32 Å². The molecule has 0 aliphatic carbocycles. The summed E-state index contributed by atoms with van der Waals surface area (Å²) in [5.41, 5.74) is -0.775. The molecule has 0 aliphatic heterocycles. The number of benzene rings is 2. The van der Waals surface area contributed by atoms with E-state index in [4.69, 9.17) is 9.84 Å². The van der Waals surface area contributed by atoms with E-state index in [0.29, 0.717) is 0 Å². The number of hydrogen-bond donors (Lipinski definition) is 3. The largest absolute Gasteiger partial charge is 0.505 e. The number of carbonyl (C=O) groups excluding carboxylic acids is 1. The summed E-state index contributed by atoms with van der Waals surface area (Å²) >= 11 is 1.36. The van der Waals surface area contributed by atoms with Crippen LogP contribution >= 0.6 is 11.8 Å². The number of hydrogen-bond acceptors (Lipinski definition) is 5. The van der Waals surface area contributed by atoms with Crippen molar-refractivity contribution in [3.05, 3.63) is 54.1 Å². The van der Waals surface area contributed by atoms with Crippen LogP contribution in [0.1, 0.15) is 17.3 Å². The van der Waals surface area contributed by atoms with Crippen molar-refractivity contribution in [2.45, 2.75) is 17.3 Å². The lowest BCUT2D eigenvalue weighted by atomic mass is 10.2. The maximum Gasteiger partial charge on any atom is 0.412 e. The van der Waals surface area contributed by atoms with E-state index in [2.05, 4.69) is 5.32 Å². The second kappa shape index (κ2) is 7.55. The van der Waals surface area contributed by atoms with Crippen molar-refractivity contribution in [2.75, 3.05) is 5.32 Å². The van der Waals surface area contributed by atoms with Gasteiger partial charge in [-0.1, -0.05) is 36.0 Å². The minimum absolute atomic E-state index is 0.0215. The molecular weight excluding hydrogens is 318 g/mol.